The minimum absolute atomic E-state index is 0.146. The average molecular weight is 439 g/mol. The van der Waals surface area contributed by atoms with Crippen LogP contribution in [0.3, 0.4) is 0 Å². The normalized spacial score (nSPS) is 15.6. The van der Waals surface area contributed by atoms with E-state index in [1.165, 1.54) is 15.3 Å². The predicted molar refractivity (Wildman–Crippen MR) is 118 cm³/mol. The first-order chi connectivity index (χ1) is 14.8. The summed E-state index contributed by atoms with van der Waals surface area (Å²) in [5.74, 6) is -0.602. The van der Waals surface area contributed by atoms with E-state index < -0.39 is 10.0 Å². The molecule has 1 amide bonds. The van der Waals surface area contributed by atoms with Gasteiger partial charge in [0.05, 0.1) is 10.6 Å². The van der Waals surface area contributed by atoms with Crippen molar-refractivity contribution in [3.05, 3.63) is 95.3 Å². The average Bonchev–Trinajstić information content (AvgIpc) is 3.11. The quantitative estimate of drug-likeness (QED) is 0.599. The van der Waals surface area contributed by atoms with Crippen molar-refractivity contribution in [2.24, 2.45) is 0 Å². The SMILES string of the molecule is C[C@H]1Cc2cc(C(=O)N(C)Cc3ccccc3F)ccc2N1S(=O)(=O)c1ccccc1. The Hall–Kier alpha value is -3.19. The Morgan fingerprint density at radius 3 is 2.45 bits per heavy atom. The molecule has 1 aliphatic heterocycles. The molecule has 0 aliphatic carbocycles. The second-order valence-electron chi connectivity index (χ2n) is 7.76. The molecule has 3 aromatic rings. The number of anilines is 1. The third-order valence-electron chi connectivity index (χ3n) is 5.49. The number of benzene rings is 3. The molecular formula is C24H23FN2O3S. The van der Waals surface area contributed by atoms with Gasteiger partial charge in [0.2, 0.25) is 0 Å². The summed E-state index contributed by atoms with van der Waals surface area (Å²) >= 11 is 0. The number of carbonyl (C=O) groups excluding carboxylic acids is 1. The summed E-state index contributed by atoms with van der Waals surface area (Å²) in [6.45, 7) is 2.00. The topological polar surface area (TPSA) is 57.7 Å². The molecule has 0 N–H and O–H groups in total. The Labute approximate surface area is 181 Å². The Kier molecular flexibility index (Phi) is 5.54. The van der Waals surface area contributed by atoms with Crippen LogP contribution in [0.1, 0.15) is 28.4 Å². The maximum absolute atomic E-state index is 13.9. The molecule has 0 bridgehead atoms. The number of amides is 1. The van der Waals surface area contributed by atoms with Gasteiger partial charge in [-0.15, -0.1) is 0 Å². The molecule has 0 fully saturated rings. The molecule has 0 unspecified atom stereocenters. The van der Waals surface area contributed by atoms with E-state index in [4.69, 9.17) is 0 Å². The molecule has 1 aliphatic rings. The van der Waals surface area contributed by atoms with Crippen LogP contribution in [0.15, 0.2) is 77.7 Å². The molecule has 0 spiro atoms. The van der Waals surface area contributed by atoms with E-state index in [1.54, 1.807) is 73.8 Å². The molecule has 7 heteroatoms. The van der Waals surface area contributed by atoms with Crippen LogP contribution in [0.5, 0.6) is 0 Å². The van der Waals surface area contributed by atoms with Gasteiger partial charge in [-0.2, -0.15) is 0 Å². The van der Waals surface area contributed by atoms with Crippen molar-refractivity contribution in [3.63, 3.8) is 0 Å². The molecule has 160 valence electrons. The summed E-state index contributed by atoms with van der Waals surface area (Å²) < 4.78 is 41.7. The largest absolute Gasteiger partial charge is 0.337 e. The van der Waals surface area contributed by atoms with Crippen molar-refractivity contribution in [2.45, 2.75) is 30.8 Å². The van der Waals surface area contributed by atoms with Crippen molar-refractivity contribution >= 4 is 21.6 Å². The smallest absolute Gasteiger partial charge is 0.264 e. The van der Waals surface area contributed by atoms with Crippen LogP contribution >= 0.6 is 0 Å². The molecule has 4 rings (SSSR count). The van der Waals surface area contributed by atoms with E-state index in [1.807, 2.05) is 6.92 Å². The van der Waals surface area contributed by atoms with Crippen molar-refractivity contribution in [2.75, 3.05) is 11.4 Å². The van der Waals surface area contributed by atoms with Crippen LogP contribution in [0.25, 0.3) is 0 Å². The first-order valence-corrected chi connectivity index (χ1v) is 11.4. The van der Waals surface area contributed by atoms with Crippen molar-refractivity contribution in [1.82, 2.24) is 4.90 Å². The molecule has 5 nitrogen and oxygen atoms in total. The van der Waals surface area contributed by atoms with Crippen LogP contribution in [0, 0.1) is 5.82 Å². The van der Waals surface area contributed by atoms with E-state index in [0.717, 1.165) is 5.56 Å². The van der Waals surface area contributed by atoms with Gasteiger partial charge < -0.3 is 4.90 Å². The van der Waals surface area contributed by atoms with Crippen molar-refractivity contribution in [3.8, 4) is 0 Å². The number of fused-ring (bicyclic) bond motifs is 1. The Morgan fingerprint density at radius 1 is 1.06 bits per heavy atom. The van der Waals surface area contributed by atoms with Crippen LogP contribution in [-0.2, 0) is 23.0 Å². The summed E-state index contributed by atoms with van der Waals surface area (Å²) in [6.07, 6.45) is 0.513. The zero-order valence-electron chi connectivity index (χ0n) is 17.3. The standard InChI is InChI=1S/C24H23FN2O3S/c1-17-14-20-15-18(24(28)26(2)16-19-8-6-7-11-22(19)25)12-13-23(20)27(17)31(29,30)21-9-4-3-5-10-21/h3-13,15,17H,14,16H2,1-2H3/t17-/m0/s1. The number of hydrogen-bond donors (Lipinski definition) is 0. The van der Waals surface area contributed by atoms with Gasteiger partial charge in [0.15, 0.2) is 0 Å². The van der Waals surface area contributed by atoms with Crippen molar-refractivity contribution < 1.29 is 17.6 Å². The fourth-order valence-electron chi connectivity index (χ4n) is 3.98. The number of halogens is 1. The van der Waals surface area contributed by atoms with Crippen LogP contribution in [-0.4, -0.2) is 32.3 Å². The monoisotopic (exact) mass is 438 g/mol. The van der Waals surface area contributed by atoms with Gasteiger partial charge >= 0.3 is 0 Å². The molecule has 1 heterocycles. The number of carbonyl (C=O) groups is 1. The van der Waals surface area contributed by atoms with Crippen LogP contribution in [0.4, 0.5) is 10.1 Å². The highest BCUT2D eigenvalue weighted by molar-refractivity contribution is 7.92. The Bertz CT molecular complexity index is 1230. The van der Waals surface area contributed by atoms with E-state index in [0.29, 0.717) is 23.2 Å². The lowest BCUT2D eigenvalue weighted by Gasteiger charge is -2.24. The number of rotatable bonds is 5. The Morgan fingerprint density at radius 2 is 1.74 bits per heavy atom. The summed E-state index contributed by atoms with van der Waals surface area (Å²) in [5, 5.41) is 0. The third kappa shape index (κ3) is 3.93. The molecule has 3 aromatic carbocycles. The zero-order valence-corrected chi connectivity index (χ0v) is 18.1. The van der Waals surface area contributed by atoms with E-state index in [2.05, 4.69) is 0 Å². The first-order valence-electron chi connectivity index (χ1n) is 10.0. The highest BCUT2D eigenvalue weighted by Gasteiger charge is 2.36. The molecule has 0 saturated heterocycles. The lowest BCUT2D eigenvalue weighted by molar-refractivity contribution is 0.0784. The summed E-state index contributed by atoms with van der Waals surface area (Å²) in [4.78, 5) is 14.6. The lowest BCUT2D eigenvalue weighted by atomic mass is 10.1. The number of sulfonamides is 1. The molecule has 0 aromatic heterocycles. The minimum atomic E-state index is -3.70. The first kappa shape index (κ1) is 21.1. The molecule has 31 heavy (non-hydrogen) atoms. The highest BCUT2D eigenvalue weighted by atomic mass is 32.2. The summed E-state index contributed by atoms with van der Waals surface area (Å²) in [7, 11) is -2.08. The minimum Gasteiger partial charge on any atom is -0.337 e. The van der Waals surface area contributed by atoms with Gasteiger partial charge in [-0.05, 0) is 55.3 Å². The summed E-state index contributed by atoms with van der Waals surface area (Å²) in [5.41, 5.74) is 2.28. The molecule has 0 saturated carbocycles. The third-order valence-corrected chi connectivity index (χ3v) is 7.43. The van der Waals surface area contributed by atoms with E-state index in [9.17, 15) is 17.6 Å². The molecular weight excluding hydrogens is 415 g/mol. The Balaban J connectivity index is 1.60. The fraction of sp³-hybridized carbons (Fsp3) is 0.208. The fourth-order valence-corrected chi connectivity index (χ4v) is 5.70. The van der Waals surface area contributed by atoms with Gasteiger partial charge in [-0.25, -0.2) is 12.8 Å². The number of nitrogens with zero attached hydrogens (tertiary/aromatic N) is 2. The highest BCUT2D eigenvalue weighted by Crippen LogP contribution is 2.37. The van der Waals surface area contributed by atoms with Crippen LogP contribution < -0.4 is 4.31 Å². The maximum Gasteiger partial charge on any atom is 0.264 e. The van der Waals surface area contributed by atoms with Gasteiger partial charge in [0.25, 0.3) is 15.9 Å². The van der Waals surface area contributed by atoms with Gasteiger partial charge in [0.1, 0.15) is 5.82 Å². The second kappa shape index (κ2) is 8.15. The van der Waals surface area contributed by atoms with Gasteiger partial charge in [0, 0.05) is 30.8 Å². The summed E-state index contributed by atoms with van der Waals surface area (Å²) in [6, 6.07) is 19.5. The lowest BCUT2D eigenvalue weighted by Crippen LogP contribution is -2.35. The van der Waals surface area contributed by atoms with Crippen LogP contribution in [0.2, 0.25) is 0 Å². The predicted octanol–water partition coefficient (Wildman–Crippen LogP) is 4.24. The second-order valence-corrected chi connectivity index (χ2v) is 9.58. The zero-order chi connectivity index (χ0) is 22.2. The van der Waals surface area contributed by atoms with E-state index in [-0.39, 0.29) is 29.2 Å². The molecule has 1 atom stereocenters. The van der Waals surface area contributed by atoms with Gasteiger partial charge in [-0.1, -0.05) is 36.4 Å². The molecule has 0 radical (unpaired) electrons. The maximum atomic E-state index is 13.9. The van der Waals surface area contributed by atoms with Gasteiger partial charge in [-0.3, -0.25) is 9.10 Å². The van der Waals surface area contributed by atoms with Crippen molar-refractivity contribution in [1.29, 1.82) is 0 Å². The van der Waals surface area contributed by atoms with E-state index >= 15 is 0 Å². The number of hydrogen-bond acceptors (Lipinski definition) is 3.